The van der Waals surface area contributed by atoms with E-state index < -0.39 is 0 Å². The molecule has 3 atom stereocenters. The molecule has 0 aromatic heterocycles. The second kappa shape index (κ2) is 4.48. The second-order valence-corrected chi connectivity index (χ2v) is 6.14. The number of nitrogens with two attached hydrogens (primary N) is 1. The van der Waals surface area contributed by atoms with E-state index in [2.05, 4.69) is 22.4 Å². The van der Waals surface area contributed by atoms with Crippen molar-refractivity contribution in [2.75, 3.05) is 13.6 Å². The molecule has 0 amide bonds. The molecular weight excluding hydrogens is 212 g/mol. The first kappa shape index (κ1) is 11.3. The summed E-state index contributed by atoms with van der Waals surface area (Å²) in [7, 11) is 2.12. The number of fused-ring (bicyclic) bond motifs is 2. The Hall–Kier alpha value is -0.770. The molecule has 17 heavy (non-hydrogen) atoms. The summed E-state index contributed by atoms with van der Waals surface area (Å²) in [6.45, 7) is 1.12. The fraction of sp³-hybridized carbons (Fsp3) is 0.923. The van der Waals surface area contributed by atoms with Gasteiger partial charge in [0.15, 0.2) is 0 Å². The van der Waals surface area contributed by atoms with Crippen LogP contribution in [0.4, 0.5) is 0 Å². The Labute approximate surface area is 104 Å². The van der Waals surface area contributed by atoms with E-state index in [1.54, 1.807) is 0 Å². The van der Waals surface area contributed by atoms with E-state index in [1.807, 2.05) is 0 Å². The molecule has 2 bridgehead atoms. The van der Waals surface area contributed by atoms with E-state index >= 15 is 0 Å². The number of rotatable bonds is 3. The molecule has 96 valence electrons. The third-order valence-corrected chi connectivity index (χ3v) is 4.74. The van der Waals surface area contributed by atoms with Crippen LogP contribution in [0.3, 0.4) is 0 Å². The summed E-state index contributed by atoms with van der Waals surface area (Å²) in [6.07, 6.45) is 8.29. The van der Waals surface area contributed by atoms with Crippen molar-refractivity contribution < 1.29 is 0 Å². The Morgan fingerprint density at radius 1 is 1.29 bits per heavy atom. The topological polar surface area (TPSA) is 53.6 Å². The zero-order valence-electron chi connectivity index (χ0n) is 10.7. The highest BCUT2D eigenvalue weighted by Crippen LogP contribution is 2.48. The van der Waals surface area contributed by atoms with Crippen LogP contribution >= 0.6 is 0 Å². The Kier molecular flexibility index (Phi) is 2.99. The van der Waals surface area contributed by atoms with Crippen LogP contribution < -0.4 is 11.3 Å². The van der Waals surface area contributed by atoms with Crippen LogP contribution in [0, 0.1) is 17.8 Å². The number of hydrogen-bond acceptors (Lipinski definition) is 2. The summed E-state index contributed by atoms with van der Waals surface area (Å²) in [5.41, 5.74) is 2.77. The highest BCUT2D eigenvalue weighted by Gasteiger charge is 2.40. The molecule has 3 fully saturated rings. The lowest BCUT2D eigenvalue weighted by molar-refractivity contribution is 0.272. The maximum atomic E-state index is 5.58. The van der Waals surface area contributed by atoms with Gasteiger partial charge in [0.05, 0.1) is 6.04 Å². The predicted octanol–water partition coefficient (Wildman–Crippen LogP) is 1.34. The molecule has 0 saturated heterocycles. The SMILES string of the molecule is CN(CC1CC2CCC1C2)C(=NC1CC1)NN. The van der Waals surface area contributed by atoms with Crippen LogP contribution in [0.5, 0.6) is 0 Å². The molecule has 3 rings (SSSR count). The Balaban J connectivity index is 1.56. The molecule has 0 aliphatic heterocycles. The van der Waals surface area contributed by atoms with Crippen molar-refractivity contribution in [2.45, 2.75) is 44.6 Å². The van der Waals surface area contributed by atoms with Gasteiger partial charge in [0.1, 0.15) is 0 Å². The van der Waals surface area contributed by atoms with Crippen LogP contribution in [0.25, 0.3) is 0 Å². The van der Waals surface area contributed by atoms with Crippen LogP contribution in [-0.4, -0.2) is 30.5 Å². The lowest BCUT2D eigenvalue weighted by Gasteiger charge is -2.28. The first-order valence-electron chi connectivity index (χ1n) is 7.02. The van der Waals surface area contributed by atoms with Gasteiger partial charge >= 0.3 is 0 Å². The Morgan fingerprint density at radius 2 is 2.12 bits per heavy atom. The second-order valence-electron chi connectivity index (χ2n) is 6.14. The average molecular weight is 236 g/mol. The standard InChI is InChI=1S/C13H24N4/c1-17(13(16-14)15-12-4-5-12)8-11-7-9-2-3-10(11)6-9/h9-12H,2-8,14H2,1H3,(H,15,16). The van der Waals surface area contributed by atoms with Crippen LogP contribution in [0.15, 0.2) is 4.99 Å². The molecule has 4 heteroatoms. The van der Waals surface area contributed by atoms with Crippen molar-refractivity contribution in [1.82, 2.24) is 10.3 Å². The molecule has 3 aliphatic carbocycles. The number of guanidine groups is 1. The van der Waals surface area contributed by atoms with Gasteiger partial charge in [-0.25, -0.2) is 10.8 Å². The van der Waals surface area contributed by atoms with Crippen molar-refractivity contribution in [3.63, 3.8) is 0 Å². The maximum absolute atomic E-state index is 5.58. The third kappa shape index (κ3) is 2.41. The van der Waals surface area contributed by atoms with Gasteiger partial charge in [0, 0.05) is 13.6 Å². The molecule has 3 saturated carbocycles. The van der Waals surface area contributed by atoms with E-state index in [0.29, 0.717) is 6.04 Å². The quantitative estimate of drug-likeness (QED) is 0.336. The van der Waals surface area contributed by atoms with Crippen molar-refractivity contribution in [3.05, 3.63) is 0 Å². The van der Waals surface area contributed by atoms with Gasteiger partial charge in [-0.1, -0.05) is 6.42 Å². The van der Waals surface area contributed by atoms with E-state index in [4.69, 9.17) is 5.84 Å². The van der Waals surface area contributed by atoms with Crippen molar-refractivity contribution in [1.29, 1.82) is 0 Å². The van der Waals surface area contributed by atoms with Gasteiger partial charge in [-0.05, 0) is 49.9 Å². The van der Waals surface area contributed by atoms with Gasteiger partial charge in [-0.3, -0.25) is 5.43 Å². The number of hydrogen-bond donors (Lipinski definition) is 2. The lowest BCUT2D eigenvalue weighted by Crippen LogP contribution is -2.45. The number of nitrogens with zero attached hydrogens (tertiary/aromatic N) is 2. The molecule has 0 aromatic rings. The zero-order chi connectivity index (χ0) is 11.8. The molecule has 3 unspecified atom stereocenters. The smallest absolute Gasteiger partial charge is 0.208 e. The largest absolute Gasteiger partial charge is 0.345 e. The highest BCUT2D eigenvalue weighted by atomic mass is 15.4. The van der Waals surface area contributed by atoms with Crippen LogP contribution in [-0.2, 0) is 0 Å². The van der Waals surface area contributed by atoms with Gasteiger partial charge in [-0.15, -0.1) is 0 Å². The van der Waals surface area contributed by atoms with Crippen molar-refractivity contribution in [2.24, 2.45) is 28.6 Å². The monoisotopic (exact) mass is 236 g/mol. The molecule has 3 N–H and O–H groups in total. The Bertz CT molecular complexity index is 311. The summed E-state index contributed by atoms with van der Waals surface area (Å²) in [4.78, 5) is 6.84. The number of nitrogens with one attached hydrogen (secondary N) is 1. The molecule has 0 spiro atoms. The maximum Gasteiger partial charge on any atom is 0.208 e. The van der Waals surface area contributed by atoms with Crippen molar-refractivity contribution in [3.8, 4) is 0 Å². The van der Waals surface area contributed by atoms with E-state index in [-0.39, 0.29) is 0 Å². The number of hydrazine groups is 1. The summed E-state index contributed by atoms with van der Waals surface area (Å²) in [5.74, 6) is 9.33. The zero-order valence-corrected chi connectivity index (χ0v) is 10.7. The minimum absolute atomic E-state index is 0.531. The highest BCUT2D eigenvalue weighted by molar-refractivity contribution is 5.79. The number of aliphatic imine (C=N–C) groups is 1. The predicted molar refractivity (Wildman–Crippen MR) is 69.3 cm³/mol. The fourth-order valence-corrected chi connectivity index (χ4v) is 3.66. The Morgan fingerprint density at radius 3 is 2.65 bits per heavy atom. The van der Waals surface area contributed by atoms with E-state index in [9.17, 15) is 0 Å². The molecule has 0 radical (unpaired) electrons. The third-order valence-electron chi connectivity index (χ3n) is 4.74. The average Bonchev–Trinajstić information content (AvgIpc) is 2.91. The van der Waals surface area contributed by atoms with Crippen LogP contribution in [0.1, 0.15) is 38.5 Å². The van der Waals surface area contributed by atoms with Crippen molar-refractivity contribution >= 4 is 5.96 Å². The normalized spacial score (nSPS) is 36.4. The minimum atomic E-state index is 0.531. The molecule has 3 aliphatic rings. The molecule has 0 aromatic carbocycles. The van der Waals surface area contributed by atoms with Gasteiger partial charge in [0.2, 0.25) is 5.96 Å². The molecular formula is C13H24N4. The fourth-order valence-electron chi connectivity index (χ4n) is 3.66. The van der Waals surface area contributed by atoms with E-state index in [0.717, 1.165) is 30.3 Å². The van der Waals surface area contributed by atoms with Gasteiger partial charge in [-0.2, -0.15) is 0 Å². The van der Waals surface area contributed by atoms with Gasteiger partial charge in [0.25, 0.3) is 0 Å². The lowest BCUT2D eigenvalue weighted by atomic mass is 9.88. The summed E-state index contributed by atoms with van der Waals surface area (Å²) >= 11 is 0. The minimum Gasteiger partial charge on any atom is -0.345 e. The first-order chi connectivity index (χ1) is 8.26. The van der Waals surface area contributed by atoms with E-state index in [1.165, 1.54) is 38.5 Å². The summed E-state index contributed by atoms with van der Waals surface area (Å²) < 4.78 is 0. The first-order valence-corrected chi connectivity index (χ1v) is 7.02. The molecule has 4 nitrogen and oxygen atoms in total. The molecule has 0 heterocycles. The summed E-state index contributed by atoms with van der Waals surface area (Å²) in [6, 6.07) is 0.531. The van der Waals surface area contributed by atoms with Crippen LogP contribution in [0.2, 0.25) is 0 Å². The summed E-state index contributed by atoms with van der Waals surface area (Å²) in [5, 5.41) is 0. The van der Waals surface area contributed by atoms with Gasteiger partial charge < -0.3 is 4.90 Å².